The van der Waals surface area contributed by atoms with Crippen LogP contribution in [0.4, 0.5) is 11.4 Å². The fraction of sp³-hybridized carbons (Fsp3) is 0.238. The van der Waals surface area contributed by atoms with Crippen LogP contribution in [-0.4, -0.2) is 57.1 Å². The van der Waals surface area contributed by atoms with Crippen molar-refractivity contribution in [1.82, 2.24) is 4.90 Å². The van der Waals surface area contributed by atoms with Gasteiger partial charge in [-0.1, -0.05) is 18.2 Å². The van der Waals surface area contributed by atoms with Crippen LogP contribution in [0.15, 0.2) is 65.2 Å². The molecule has 0 atom stereocenters. The number of rotatable bonds is 6. The first-order valence-electron chi connectivity index (χ1n) is 9.44. The maximum atomic E-state index is 12.5. The lowest BCUT2D eigenvalue weighted by molar-refractivity contribution is -0.112. The Hall–Kier alpha value is -3.55. The quantitative estimate of drug-likeness (QED) is 0.396. The van der Waals surface area contributed by atoms with E-state index in [0.29, 0.717) is 26.2 Å². The van der Waals surface area contributed by atoms with Gasteiger partial charge in [0, 0.05) is 38.1 Å². The molecule has 1 fully saturated rings. The van der Waals surface area contributed by atoms with E-state index in [1.54, 1.807) is 7.11 Å². The van der Waals surface area contributed by atoms with E-state index in [1.165, 1.54) is 24.4 Å². The standard InChI is InChI=1S/C21H22N4O5S/c1-30-20-8-3-2-7-19(20)25-11-9-24(10-12-25)15-16(14-22)21(26)23-17-5-4-6-18(13-17)31(27,28)29/h2-8,13,15H,9-12H2,1H3,(H,23,26)(H,27,28,29)/b16-15-. The van der Waals surface area contributed by atoms with E-state index in [9.17, 15) is 18.5 Å². The van der Waals surface area contributed by atoms with Gasteiger partial charge in [-0.25, -0.2) is 0 Å². The van der Waals surface area contributed by atoms with Gasteiger partial charge in [-0.3, -0.25) is 9.35 Å². The molecular formula is C21H22N4O5S. The Bertz CT molecular complexity index is 1130. The van der Waals surface area contributed by atoms with Gasteiger partial charge in [0.1, 0.15) is 17.4 Å². The highest BCUT2D eigenvalue weighted by molar-refractivity contribution is 7.85. The van der Waals surface area contributed by atoms with Crippen LogP contribution in [0.2, 0.25) is 0 Å². The van der Waals surface area contributed by atoms with Crippen LogP contribution in [0.25, 0.3) is 0 Å². The van der Waals surface area contributed by atoms with Gasteiger partial charge in [0.2, 0.25) is 0 Å². The number of carbonyl (C=O) groups is 1. The summed E-state index contributed by atoms with van der Waals surface area (Å²) in [5.41, 5.74) is 1.04. The largest absolute Gasteiger partial charge is 0.495 e. The number of carbonyl (C=O) groups excluding carboxylic acids is 1. The zero-order valence-corrected chi connectivity index (χ0v) is 17.7. The summed E-state index contributed by atoms with van der Waals surface area (Å²) in [6.45, 7) is 2.59. The zero-order valence-electron chi connectivity index (χ0n) is 16.9. The summed E-state index contributed by atoms with van der Waals surface area (Å²) in [6, 6.07) is 14.8. The molecule has 0 bridgehead atoms. The number of methoxy groups -OCH3 is 1. The molecule has 0 radical (unpaired) electrons. The van der Waals surface area contributed by atoms with E-state index in [1.807, 2.05) is 35.2 Å². The van der Waals surface area contributed by atoms with Crippen LogP contribution < -0.4 is 15.0 Å². The van der Waals surface area contributed by atoms with Crippen molar-refractivity contribution in [2.45, 2.75) is 4.90 Å². The number of ether oxygens (including phenoxy) is 1. The van der Waals surface area contributed by atoms with Crippen molar-refractivity contribution in [2.75, 3.05) is 43.5 Å². The average molecular weight is 442 g/mol. The number of benzene rings is 2. The van der Waals surface area contributed by atoms with Gasteiger partial charge in [-0.2, -0.15) is 13.7 Å². The number of anilines is 2. The highest BCUT2D eigenvalue weighted by Gasteiger charge is 2.20. The maximum Gasteiger partial charge on any atom is 0.294 e. The third-order valence-corrected chi connectivity index (χ3v) is 5.66. The molecule has 10 heteroatoms. The normalized spacial score (nSPS) is 14.7. The van der Waals surface area contributed by atoms with E-state index in [4.69, 9.17) is 9.29 Å². The van der Waals surface area contributed by atoms with Crippen LogP contribution in [0.1, 0.15) is 0 Å². The molecule has 3 rings (SSSR count). The van der Waals surface area contributed by atoms with Crippen molar-refractivity contribution in [2.24, 2.45) is 0 Å². The Kier molecular flexibility index (Phi) is 6.79. The highest BCUT2D eigenvalue weighted by Crippen LogP contribution is 2.28. The first-order chi connectivity index (χ1) is 14.8. The minimum atomic E-state index is -4.40. The number of nitriles is 1. The smallest absolute Gasteiger partial charge is 0.294 e. The Morgan fingerprint density at radius 2 is 1.87 bits per heavy atom. The second-order valence-corrected chi connectivity index (χ2v) is 8.23. The molecule has 1 heterocycles. The molecule has 0 spiro atoms. The van der Waals surface area contributed by atoms with Crippen molar-refractivity contribution in [3.63, 3.8) is 0 Å². The van der Waals surface area contributed by atoms with Gasteiger partial charge in [-0.15, -0.1) is 0 Å². The van der Waals surface area contributed by atoms with Crippen molar-refractivity contribution in [3.8, 4) is 11.8 Å². The van der Waals surface area contributed by atoms with Crippen LogP contribution in [-0.2, 0) is 14.9 Å². The van der Waals surface area contributed by atoms with Crippen LogP contribution in [0.3, 0.4) is 0 Å². The van der Waals surface area contributed by atoms with Gasteiger partial charge < -0.3 is 19.9 Å². The van der Waals surface area contributed by atoms with E-state index in [-0.39, 0.29) is 16.2 Å². The third kappa shape index (κ3) is 5.53. The molecule has 1 saturated heterocycles. The summed E-state index contributed by atoms with van der Waals surface area (Å²) in [4.78, 5) is 16.2. The summed E-state index contributed by atoms with van der Waals surface area (Å²) in [6.07, 6.45) is 1.50. The van der Waals surface area contributed by atoms with Crippen molar-refractivity contribution in [3.05, 3.63) is 60.3 Å². The fourth-order valence-corrected chi connectivity index (χ4v) is 3.76. The Morgan fingerprint density at radius 3 is 2.52 bits per heavy atom. The molecule has 1 amide bonds. The first-order valence-corrected chi connectivity index (χ1v) is 10.9. The Morgan fingerprint density at radius 1 is 1.16 bits per heavy atom. The van der Waals surface area contributed by atoms with E-state index in [0.717, 1.165) is 17.5 Å². The Labute approximate surface area is 180 Å². The van der Waals surface area contributed by atoms with Gasteiger partial charge in [0.05, 0.1) is 17.7 Å². The average Bonchev–Trinajstić information content (AvgIpc) is 2.77. The lowest BCUT2D eigenvalue weighted by Crippen LogP contribution is -2.44. The first kappa shape index (κ1) is 22.1. The SMILES string of the molecule is COc1ccccc1N1CCN(/C=C(/C#N)C(=O)Nc2cccc(S(=O)(=O)O)c2)CC1. The number of hydrogen-bond donors (Lipinski definition) is 2. The van der Waals surface area contributed by atoms with Gasteiger partial charge in [0.15, 0.2) is 0 Å². The number of nitrogens with zero attached hydrogens (tertiary/aromatic N) is 3. The third-order valence-electron chi connectivity index (χ3n) is 4.81. The van der Waals surface area contributed by atoms with Crippen LogP contribution in [0, 0.1) is 11.3 Å². The van der Waals surface area contributed by atoms with Crippen LogP contribution in [0.5, 0.6) is 5.75 Å². The molecule has 0 aromatic heterocycles. The van der Waals surface area contributed by atoms with Crippen LogP contribution >= 0.6 is 0 Å². The molecule has 2 N–H and O–H groups in total. The zero-order chi connectivity index (χ0) is 22.4. The summed E-state index contributed by atoms with van der Waals surface area (Å²) in [7, 11) is -2.77. The molecule has 0 aliphatic carbocycles. The van der Waals surface area contributed by atoms with E-state index >= 15 is 0 Å². The molecule has 2 aromatic rings. The number of piperazine rings is 1. The second-order valence-electron chi connectivity index (χ2n) is 6.81. The molecule has 9 nitrogen and oxygen atoms in total. The summed E-state index contributed by atoms with van der Waals surface area (Å²) >= 11 is 0. The monoisotopic (exact) mass is 442 g/mol. The van der Waals surface area contributed by atoms with E-state index in [2.05, 4.69) is 10.2 Å². The lowest BCUT2D eigenvalue weighted by Gasteiger charge is -2.36. The van der Waals surface area contributed by atoms with Crippen molar-refractivity contribution in [1.29, 1.82) is 5.26 Å². The number of para-hydroxylation sites is 2. The molecule has 0 unspecified atom stereocenters. The van der Waals surface area contributed by atoms with Crippen molar-refractivity contribution < 1.29 is 22.5 Å². The van der Waals surface area contributed by atoms with Gasteiger partial charge >= 0.3 is 0 Å². The van der Waals surface area contributed by atoms with Gasteiger partial charge in [-0.05, 0) is 30.3 Å². The van der Waals surface area contributed by atoms with Gasteiger partial charge in [0.25, 0.3) is 16.0 Å². The number of hydrogen-bond acceptors (Lipinski definition) is 7. The minimum absolute atomic E-state index is 0.108. The minimum Gasteiger partial charge on any atom is -0.495 e. The summed E-state index contributed by atoms with van der Waals surface area (Å²) < 4.78 is 37.0. The molecule has 162 valence electrons. The number of nitrogens with one attached hydrogen (secondary N) is 1. The topological polar surface area (TPSA) is 123 Å². The molecule has 1 aliphatic rings. The fourth-order valence-electron chi connectivity index (χ4n) is 3.24. The van der Waals surface area contributed by atoms with E-state index < -0.39 is 16.0 Å². The number of amides is 1. The molecule has 1 aliphatic heterocycles. The highest BCUT2D eigenvalue weighted by atomic mass is 32.2. The summed E-state index contributed by atoms with van der Waals surface area (Å²) in [5, 5.41) is 11.9. The predicted molar refractivity (Wildman–Crippen MR) is 115 cm³/mol. The molecular weight excluding hydrogens is 420 g/mol. The predicted octanol–water partition coefficient (Wildman–Crippen LogP) is 2.11. The maximum absolute atomic E-state index is 12.5. The van der Waals surface area contributed by atoms with Crippen molar-refractivity contribution >= 4 is 27.4 Å². The Balaban J connectivity index is 1.66. The molecule has 31 heavy (non-hydrogen) atoms. The summed E-state index contributed by atoms with van der Waals surface area (Å²) in [5.74, 6) is 0.123. The molecule has 0 saturated carbocycles. The molecule has 2 aromatic carbocycles. The lowest BCUT2D eigenvalue weighted by atomic mass is 10.2. The second kappa shape index (κ2) is 9.51.